The first-order valence-electron chi connectivity index (χ1n) is 12.0. The Bertz CT molecular complexity index is 1140. The number of methoxy groups -OCH3 is 1. The van der Waals surface area contributed by atoms with Gasteiger partial charge in [-0.05, 0) is 37.7 Å². The third-order valence-corrected chi connectivity index (χ3v) is 6.35. The van der Waals surface area contributed by atoms with Crippen LogP contribution in [0.15, 0.2) is 30.5 Å². The van der Waals surface area contributed by atoms with E-state index in [9.17, 15) is 9.90 Å². The Kier molecular flexibility index (Phi) is 8.31. The van der Waals surface area contributed by atoms with Gasteiger partial charge in [-0.1, -0.05) is 24.8 Å². The van der Waals surface area contributed by atoms with Gasteiger partial charge < -0.3 is 29.0 Å². The molecule has 36 heavy (non-hydrogen) atoms. The van der Waals surface area contributed by atoms with Gasteiger partial charge in [0.15, 0.2) is 11.5 Å². The molecule has 0 fully saturated rings. The molecule has 0 aliphatic carbocycles. The van der Waals surface area contributed by atoms with Crippen LogP contribution in [0, 0.1) is 17.8 Å². The number of nitrogens with zero attached hydrogens (tertiary/aromatic N) is 3. The summed E-state index contributed by atoms with van der Waals surface area (Å²) in [7, 11) is 3.60. The Hall–Kier alpha value is -3.32. The van der Waals surface area contributed by atoms with E-state index in [1.54, 1.807) is 24.3 Å². The van der Waals surface area contributed by atoms with E-state index in [0.717, 1.165) is 17.1 Å². The summed E-state index contributed by atoms with van der Waals surface area (Å²) in [5.74, 6) is 7.42. The van der Waals surface area contributed by atoms with E-state index in [2.05, 4.69) is 28.6 Å². The van der Waals surface area contributed by atoms with E-state index >= 15 is 0 Å². The molecule has 1 amide bonds. The molecule has 0 spiro atoms. The Balaban J connectivity index is 1.57. The second-order valence-corrected chi connectivity index (χ2v) is 9.32. The largest absolute Gasteiger partial charge is 0.472 e. The summed E-state index contributed by atoms with van der Waals surface area (Å²) >= 11 is 0. The molecule has 0 unspecified atom stereocenters. The summed E-state index contributed by atoms with van der Waals surface area (Å²) in [6.07, 6.45) is 1.37. The van der Waals surface area contributed by atoms with Gasteiger partial charge in [0.1, 0.15) is 18.3 Å². The highest BCUT2D eigenvalue weighted by Gasteiger charge is 2.34. The van der Waals surface area contributed by atoms with Crippen LogP contribution in [-0.4, -0.2) is 85.2 Å². The van der Waals surface area contributed by atoms with E-state index < -0.39 is 0 Å². The molecule has 1 aromatic carbocycles. The van der Waals surface area contributed by atoms with Crippen molar-refractivity contribution < 1.29 is 28.8 Å². The van der Waals surface area contributed by atoms with Crippen molar-refractivity contribution >= 4 is 5.91 Å². The maximum absolute atomic E-state index is 13.5. The van der Waals surface area contributed by atoms with Crippen molar-refractivity contribution in [3.63, 3.8) is 0 Å². The minimum absolute atomic E-state index is 0.00160. The fraction of sp³-hybridized carbons (Fsp3) is 0.481. The molecule has 0 saturated heterocycles. The molecule has 2 aliphatic heterocycles. The highest BCUT2D eigenvalue weighted by molar-refractivity contribution is 5.97. The molecule has 192 valence electrons. The van der Waals surface area contributed by atoms with Crippen LogP contribution in [0.25, 0.3) is 0 Å². The van der Waals surface area contributed by atoms with E-state index in [4.69, 9.17) is 18.9 Å². The van der Waals surface area contributed by atoms with Gasteiger partial charge in [0.2, 0.25) is 12.7 Å². The van der Waals surface area contributed by atoms with Gasteiger partial charge in [0.25, 0.3) is 5.91 Å². The van der Waals surface area contributed by atoms with Crippen molar-refractivity contribution in [2.75, 3.05) is 47.3 Å². The molecule has 2 aromatic rings. The molecule has 2 aliphatic rings. The molecule has 0 radical (unpaired) electrons. The van der Waals surface area contributed by atoms with Crippen molar-refractivity contribution in [2.24, 2.45) is 5.92 Å². The second-order valence-electron chi connectivity index (χ2n) is 9.32. The number of carbonyl (C=O) groups excluding carboxylic acids is 1. The summed E-state index contributed by atoms with van der Waals surface area (Å²) in [6, 6.07) is 7.30. The predicted octanol–water partition coefficient (Wildman–Crippen LogP) is 2.16. The molecular weight excluding hydrogens is 462 g/mol. The predicted molar refractivity (Wildman–Crippen MR) is 133 cm³/mol. The first kappa shape index (κ1) is 25.8. The number of aliphatic hydroxyl groups excluding tert-OH is 1. The van der Waals surface area contributed by atoms with Crippen LogP contribution in [0.5, 0.6) is 17.4 Å². The summed E-state index contributed by atoms with van der Waals surface area (Å²) < 4.78 is 22.3. The van der Waals surface area contributed by atoms with Crippen LogP contribution >= 0.6 is 0 Å². The number of pyridine rings is 1. The Morgan fingerprint density at radius 3 is 2.89 bits per heavy atom. The molecule has 3 atom stereocenters. The van der Waals surface area contributed by atoms with Crippen molar-refractivity contribution in [1.82, 2.24) is 14.8 Å². The van der Waals surface area contributed by atoms with Crippen LogP contribution < -0.4 is 14.2 Å². The van der Waals surface area contributed by atoms with Crippen molar-refractivity contribution in [1.29, 1.82) is 0 Å². The zero-order valence-electron chi connectivity index (χ0n) is 21.2. The topological polar surface area (TPSA) is 93.6 Å². The summed E-state index contributed by atoms with van der Waals surface area (Å²) in [5, 5.41) is 9.84. The van der Waals surface area contributed by atoms with E-state index in [1.807, 2.05) is 32.2 Å². The van der Waals surface area contributed by atoms with Gasteiger partial charge in [-0.2, -0.15) is 0 Å². The normalized spacial score (nSPS) is 19.6. The standard InChI is InChI=1S/C27H33N3O6/c1-18-13-30(19(2)16-31)27(32)22-10-20(6-5-9-33-4)12-28-26(22)36-25(18)15-29(3)14-21-7-8-23-24(11-21)35-17-34-23/h7-8,10-12,18-19,25,31H,9,13-17H2,1-4H3/t18-,19-,25-/m0/s1. The highest BCUT2D eigenvalue weighted by Crippen LogP contribution is 2.33. The molecule has 9 heteroatoms. The Labute approximate surface area is 211 Å². The van der Waals surface area contributed by atoms with Gasteiger partial charge >= 0.3 is 0 Å². The van der Waals surface area contributed by atoms with Crippen molar-refractivity contribution in [3.8, 4) is 29.2 Å². The minimum Gasteiger partial charge on any atom is -0.472 e. The first-order valence-corrected chi connectivity index (χ1v) is 12.0. The summed E-state index contributed by atoms with van der Waals surface area (Å²) in [5.41, 5.74) is 2.04. The van der Waals surface area contributed by atoms with Gasteiger partial charge in [-0.15, -0.1) is 0 Å². The molecular formula is C27H33N3O6. The monoisotopic (exact) mass is 495 g/mol. The maximum Gasteiger partial charge on any atom is 0.259 e. The minimum atomic E-state index is -0.346. The van der Waals surface area contributed by atoms with Crippen LogP contribution in [0.4, 0.5) is 0 Å². The maximum atomic E-state index is 13.5. The lowest BCUT2D eigenvalue weighted by Gasteiger charge is -2.37. The highest BCUT2D eigenvalue weighted by atomic mass is 16.7. The number of hydrogen-bond acceptors (Lipinski definition) is 8. The quantitative estimate of drug-likeness (QED) is 0.585. The number of benzene rings is 1. The zero-order chi connectivity index (χ0) is 25.7. The van der Waals surface area contributed by atoms with Crippen LogP contribution in [0.1, 0.15) is 35.3 Å². The smallest absolute Gasteiger partial charge is 0.259 e. The first-order chi connectivity index (χ1) is 17.4. The lowest BCUT2D eigenvalue weighted by Crippen LogP contribution is -2.49. The molecule has 0 bridgehead atoms. The number of rotatable bonds is 7. The molecule has 1 aromatic heterocycles. The Morgan fingerprint density at radius 2 is 2.11 bits per heavy atom. The number of amides is 1. The SMILES string of the molecule is COCC#Cc1cnc2c(c1)C(=O)N([C@@H](C)CO)C[C@H](C)[C@H](CN(C)Cc1ccc3c(c1)OCO3)O2. The fourth-order valence-electron chi connectivity index (χ4n) is 4.32. The average molecular weight is 496 g/mol. The second kappa shape index (κ2) is 11.6. The zero-order valence-corrected chi connectivity index (χ0v) is 21.2. The van der Waals surface area contributed by atoms with E-state index in [0.29, 0.717) is 30.8 Å². The van der Waals surface area contributed by atoms with Crippen LogP contribution in [0.2, 0.25) is 0 Å². The number of ether oxygens (including phenoxy) is 4. The van der Waals surface area contributed by atoms with E-state index in [-0.39, 0.29) is 49.9 Å². The van der Waals surface area contributed by atoms with Crippen molar-refractivity contribution in [2.45, 2.75) is 32.5 Å². The van der Waals surface area contributed by atoms with Gasteiger partial charge in [0, 0.05) is 44.4 Å². The number of aromatic nitrogens is 1. The lowest BCUT2D eigenvalue weighted by atomic mass is 9.99. The third-order valence-electron chi connectivity index (χ3n) is 6.35. The molecule has 4 rings (SSSR count). The Morgan fingerprint density at radius 1 is 1.31 bits per heavy atom. The van der Waals surface area contributed by atoms with Gasteiger partial charge in [-0.3, -0.25) is 9.69 Å². The molecule has 9 nitrogen and oxygen atoms in total. The van der Waals surface area contributed by atoms with Crippen LogP contribution in [-0.2, 0) is 11.3 Å². The number of carbonyl (C=O) groups is 1. The summed E-state index contributed by atoms with van der Waals surface area (Å²) in [4.78, 5) is 21.8. The number of likely N-dealkylation sites (N-methyl/N-ethyl adjacent to an activating group) is 1. The fourth-order valence-corrected chi connectivity index (χ4v) is 4.32. The molecule has 0 saturated carbocycles. The number of hydrogen-bond donors (Lipinski definition) is 1. The molecule has 1 N–H and O–H groups in total. The average Bonchev–Trinajstić information content (AvgIpc) is 3.34. The third kappa shape index (κ3) is 5.90. The van der Waals surface area contributed by atoms with Gasteiger partial charge in [-0.25, -0.2) is 4.98 Å². The van der Waals surface area contributed by atoms with E-state index in [1.165, 1.54) is 0 Å². The number of aliphatic hydroxyl groups is 1. The van der Waals surface area contributed by atoms with Crippen molar-refractivity contribution in [3.05, 3.63) is 47.2 Å². The summed E-state index contributed by atoms with van der Waals surface area (Å²) in [6.45, 7) is 6.03. The molecule has 3 heterocycles. The van der Waals surface area contributed by atoms with Gasteiger partial charge in [0.05, 0.1) is 12.6 Å². The van der Waals surface area contributed by atoms with Crippen LogP contribution in [0.3, 0.4) is 0 Å². The lowest BCUT2D eigenvalue weighted by molar-refractivity contribution is 0.0325. The number of fused-ring (bicyclic) bond motifs is 2.